The van der Waals surface area contributed by atoms with Gasteiger partial charge in [0, 0.05) is 6.61 Å². The van der Waals surface area contributed by atoms with Crippen molar-refractivity contribution >= 4 is 12.6 Å². The van der Waals surface area contributed by atoms with Crippen LogP contribution in [0.2, 0.25) is 0 Å². The van der Waals surface area contributed by atoms with Crippen LogP contribution < -0.4 is 5.73 Å². The van der Waals surface area contributed by atoms with Gasteiger partial charge in [0.25, 0.3) is 0 Å². The molecule has 87 valence electrons. The Morgan fingerprint density at radius 2 is 1.60 bits per heavy atom. The zero-order valence-electron chi connectivity index (χ0n) is 9.54. The Hall–Kier alpha value is -0.0257. The number of carbonyl (C=O) groups excluding carboxylic acids is 2. The molecule has 15 heavy (non-hydrogen) atoms. The van der Waals surface area contributed by atoms with Crippen molar-refractivity contribution < 1.29 is 36.0 Å². The second kappa shape index (κ2) is 37.0. The van der Waals surface area contributed by atoms with Gasteiger partial charge in [-0.25, -0.2) is 0 Å². The van der Waals surface area contributed by atoms with Crippen LogP contribution in [0, 0.1) is 6.92 Å². The van der Waals surface area contributed by atoms with Crippen LogP contribution in [0.4, 0.5) is 0 Å². The van der Waals surface area contributed by atoms with Gasteiger partial charge in [0.15, 0.2) is 0 Å². The van der Waals surface area contributed by atoms with Gasteiger partial charge in [0.1, 0.15) is 0 Å². The van der Waals surface area contributed by atoms with Gasteiger partial charge in [0.2, 0.25) is 0 Å². The molecule has 0 aliphatic heterocycles. The molecular formula is C10H20NO3Ti. The summed E-state index contributed by atoms with van der Waals surface area (Å²) in [6, 6.07) is 0. The molecule has 0 saturated carbocycles. The third kappa shape index (κ3) is 81.0. The van der Waals surface area contributed by atoms with Gasteiger partial charge < -0.3 is 27.0 Å². The Morgan fingerprint density at radius 3 is 1.87 bits per heavy atom. The van der Waals surface area contributed by atoms with E-state index < -0.39 is 0 Å². The molecule has 0 aromatic rings. The van der Waals surface area contributed by atoms with Crippen molar-refractivity contribution in [2.24, 2.45) is 5.73 Å². The first-order valence-electron chi connectivity index (χ1n) is 4.39. The maximum absolute atomic E-state index is 8.68. The number of ether oxygens (including phenoxy) is 1. The van der Waals surface area contributed by atoms with Gasteiger partial charge >= 0.3 is 21.7 Å². The maximum atomic E-state index is 8.68. The summed E-state index contributed by atoms with van der Waals surface area (Å²) in [5.41, 5.74) is 5.24. The molecule has 1 radical (unpaired) electrons. The Kier molecular flexibility index (Phi) is 59.9. The third-order valence-electron chi connectivity index (χ3n) is 0.887. The Balaban J connectivity index is -0.0000000733. The number of unbranched alkanes of at least 4 members (excludes halogenated alkanes) is 1. The number of hydrogen-bond donors (Lipinski definition) is 1. The summed E-state index contributed by atoms with van der Waals surface area (Å²) in [5.74, 6) is 0. The van der Waals surface area contributed by atoms with Crippen LogP contribution in [0.1, 0.15) is 26.7 Å². The molecule has 0 bridgehead atoms. The number of nitrogens with two attached hydrogens (primary N) is 1. The first kappa shape index (κ1) is 24.3. The van der Waals surface area contributed by atoms with E-state index in [9.17, 15) is 0 Å². The van der Waals surface area contributed by atoms with Gasteiger partial charge in [-0.1, -0.05) is 6.61 Å². The van der Waals surface area contributed by atoms with E-state index in [2.05, 4.69) is 6.92 Å². The zero-order valence-corrected chi connectivity index (χ0v) is 11.1. The Morgan fingerprint density at radius 1 is 1.20 bits per heavy atom. The predicted octanol–water partition coefficient (Wildman–Crippen LogP) is 0.805. The van der Waals surface area contributed by atoms with Crippen molar-refractivity contribution in [2.75, 3.05) is 19.8 Å². The maximum Gasteiger partial charge on any atom is 3.00 e. The third-order valence-corrected chi connectivity index (χ3v) is 0.887. The molecule has 4 nitrogen and oxygen atoms in total. The summed E-state index contributed by atoms with van der Waals surface area (Å²) in [4.78, 5) is 17.4. The first-order chi connectivity index (χ1) is 6.74. The van der Waals surface area contributed by atoms with E-state index in [4.69, 9.17) is 20.1 Å². The van der Waals surface area contributed by atoms with Crippen LogP contribution in [0.15, 0.2) is 0 Å². The molecule has 0 fully saturated rings. The fourth-order valence-electron chi connectivity index (χ4n) is 0.451. The summed E-state index contributed by atoms with van der Waals surface area (Å²) in [5, 5.41) is 0. The monoisotopic (exact) mass is 250 g/mol. The molecule has 0 atom stereocenters. The van der Waals surface area contributed by atoms with E-state index in [1.54, 1.807) is 0 Å². The molecule has 0 saturated heterocycles. The quantitative estimate of drug-likeness (QED) is 0.445. The van der Waals surface area contributed by atoms with Crippen LogP contribution >= 0.6 is 0 Å². The second-order valence-corrected chi connectivity index (χ2v) is 2.02. The van der Waals surface area contributed by atoms with Crippen molar-refractivity contribution in [3.05, 3.63) is 6.92 Å². The molecule has 0 amide bonds. The van der Waals surface area contributed by atoms with Gasteiger partial charge in [-0.2, -0.15) is 13.8 Å². The number of hydrogen-bond acceptors (Lipinski definition) is 4. The SMILES string of the molecule is C[C-]=O.C[C-]=O.[CH2-]COCCCCN.[Ti+3]. The summed E-state index contributed by atoms with van der Waals surface area (Å²) in [6.07, 6.45) is 5.12. The van der Waals surface area contributed by atoms with E-state index in [-0.39, 0.29) is 21.7 Å². The van der Waals surface area contributed by atoms with Crippen molar-refractivity contribution in [3.63, 3.8) is 0 Å². The predicted molar refractivity (Wildman–Crippen MR) is 57.2 cm³/mol. The molecule has 0 unspecified atom stereocenters. The molecule has 2 N–H and O–H groups in total. The van der Waals surface area contributed by atoms with Crippen molar-refractivity contribution in [1.29, 1.82) is 0 Å². The van der Waals surface area contributed by atoms with Gasteiger partial charge in [-0.15, -0.1) is 0 Å². The number of rotatable bonds is 5. The minimum Gasteiger partial charge on any atom is -0.542 e. The van der Waals surface area contributed by atoms with Gasteiger partial charge in [0.05, 0.1) is 0 Å². The fraction of sp³-hybridized carbons (Fsp3) is 0.700. The van der Waals surface area contributed by atoms with E-state index in [0.717, 1.165) is 26.0 Å². The van der Waals surface area contributed by atoms with Crippen LogP contribution in [0.5, 0.6) is 0 Å². The van der Waals surface area contributed by atoms with Gasteiger partial charge in [-0.05, 0) is 19.4 Å². The van der Waals surface area contributed by atoms with Crippen LogP contribution in [-0.4, -0.2) is 32.3 Å². The zero-order chi connectivity index (χ0) is 11.7. The molecular weight excluding hydrogens is 230 g/mol. The summed E-state index contributed by atoms with van der Waals surface area (Å²) < 4.78 is 4.97. The molecule has 5 heteroatoms. The normalized spacial score (nSPS) is 6.93. The minimum atomic E-state index is 0. The Bertz CT molecular complexity index is 90.7. The van der Waals surface area contributed by atoms with Crippen molar-refractivity contribution in [3.8, 4) is 0 Å². The average Bonchev–Trinajstić information content (AvgIpc) is 2.15. The summed E-state index contributed by atoms with van der Waals surface area (Å²) in [6.45, 7) is 8.31. The van der Waals surface area contributed by atoms with E-state index >= 15 is 0 Å². The Labute approximate surface area is 108 Å². The molecule has 0 aliphatic carbocycles. The molecule has 0 heterocycles. The first-order valence-corrected chi connectivity index (χ1v) is 4.39. The largest absolute Gasteiger partial charge is 3.00 e. The molecule has 0 aromatic heterocycles. The van der Waals surface area contributed by atoms with E-state index in [0.29, 0.717) is 6.61 Å². The van der Waals surface area contributed by atoms with Crippen LogP contribution in [-0.2, 0) is 36.0 Å². The molecule has 0 rings (SSSR count). The standard InChI is InChI=1S/C6H14NO.2C2H3O.Ti/c1-2-8-6-4-3-5-7;2*1-2-3;/h1-7H2;2*1H3;/q3*-1;+3. The van der Waals surface area contributed by atoms with Crippen molar-refractivity contribution in [1.82, 2.24) is 0 Å². The summed E-state index contributed by atoms with van der Waals surface area (Å²) in [7, 11) is 0. The topological polar surface area (TPSA) is 69.4 Å². The van der Waals surface area contributed by atoms with E-state index in [1.807, 2.05) is 0 Å². The molecule has 0 aliphatic rings. The van der Waals surface area contributed by atoms with E-state index in [1.165, 1.54) is 26.4 Å². The fourth-order valence-corrected chi connectivity index (χ4v) is 0.451. The van der Waals surface area contributed by atoms with Crippen LogP contribution in [0.3, 0.4) is 0 Å². The minimum absolute atomic E-state index is 0. The van der Waals surface area contributed by atoms with Gasteiger partial charge in [-0.3, -0.25) is 12.6 Å². The average molecular weight is 250 g/mol. The molecule has 0 aromatic carbocycles. The summed E-state index contributed by atoms with van der Waals surface area (Å²) >= 11 is 0. The van der Waals surface area contributed by atoms with Crippen LogP contribution in [0.25, 0.3) is 0 Å². The molecule has 0 spiro atoms. The smallest absolute Gasteiger partial charge is 0.542 e. The van der Waals surface area contributed by atoms with Crippen molar-refractivity contribution in [2.45, 2.75) is 26.7 Å². The second-order valence-electron chi connectivity index (χ2n) is 2.02.